The Labute approximate surface area is 78.1 Å². The number of benzene rings is 1. The number of hydrogen-bond acceptors (Lipinski definition) is 0. The van der Waals surface area contributed by atoms with Gasteiger partial charge in [0.15, 0.2) is 0 Å². The standard InChI is InChI=1S/C12H13F/c1-8(2)10-5-6-11(9-3-4-9)12(13)7-10/h5-7,9H,1,3-4H2,2H3. The molecule has 68 valence electrons. The van der Waals surface area contributed by atoms with Gasteiger partial charge in [-0.05, 0) is 42.9 Å². The monoisotopic (exact) mass is 176 g/mol. The molecule has 0 aromatic heterocycles. The van der Waals surface area contributed by atoms with Gasteiger partial charge in [-0.2, -0.15) is 0 Å². The number of halogens is 1. The Kier molecular flexibility index (Phi) is 1.95. The SMILES string of the molecule is C=C(C)c1ccc(C2CC2)c(F)c1. The van der Waals surface area contributed by atoms with Crippen LogP contribution in [-0.4, -0.2) is 0 Å². The van der Waals surface area contributed by atoms with E-state index in [-0.39, 0.29) is 5.82 Å². The second-order valence-electron chi connectivity index (χ2n) is 3.79. The zero-order valence-corrected chi connectivity index (χ0v) is 7.81. The van der Waals surface area contributed by atoms with Crippen LogP contribution in [0.25, 0.3) is 5.57 Å². The van der Waals surface area contributed by atoms with Gasteiger partial charge in [0.25, 0.3) is 0 Å². The fraction of sp³-hybridized carbons (Fsp3) is 0.333. The van der Waals surface area contributed by atoms with E-state index in [1.165, 1.54) is 0 Å². The third kappa shape index (κ3) is 1.64. The molecular weight excluding hydrogens is 163 g/mol. The molecule has 1 aromatic carbocycles. The molecular formula is C12H13F. The fourth-order valence-corrected chi connectivity index (χ4v) is 1.52. The van der Waals surface area contributed by atoms with E-state index < -0.39 is 0 Å². The number of hydrogen-bond donors (Lipinski definition) is 0. The van der Waals surface area contributed by atoms with Crippen LogP contribution in [-0.2, 0) is 0 Å². The molecule has 1 heteroatoms. The van der Waals surface area contributed by atoms with Crippen LogP contribution in [0.15, 0.2) is 24.8 Å². The van der Waals surface area contributed by atoms with E-state index in [9.17, 15) is 4.39 Å². The van der Waals surface area contributed by atoms with Gasteiger partial charge in [-0.25, -0.2) is 4.39 Å². The van der Waals surface area contributed by atoms with Crippen LogP contribution in [0.5, 0.6) is 0 Å². The lowest BCUT2D eigenvalue weighted by molar-refractivity contribution is 0.610. The van der Waals surface area contributed by atoms with Crippen molar-refractivity contribution in [2.24, 2.45) is 0 Å². The Morgan fingerprint density at radius 2 is 2.15 bits per heavy atom. The van der Waals surface area contributed by atoms with Crippen LogP contribution >= 0.6 is 0 Å². The first-order valence-corrected chi connectivity index (χ1v) is 4.64. The topological polar surface area (TPSA) is 0 Å². The highest BCUT2D eigenvalue weighted by atomic mass is 19.1. The zero-order valence-electron chi connectivity index (χ0n) is 7.81. The maximum absolute atomic E-state index is 13.5. The molecule has 0 saturated heterocycles. The summed E-state index contributed by atoms with van der Waals surface area (Å²) in [5.41, 5.74) is 2.70. The summed E-state index contributed by atoms with van der Waals surface area (Å²) in [6, 6.07) is 5.45. The van der Waals surface area contributed by atoms with E-state index in [1.807, 2.05) is 19.1 Å². The molecule has 0 heterocycles. The molecule has 0 spiro atoms. The lowest BCUT2D eigenvalue weighted by Crippen LogP contribution is -1.89. The van der Waals surface area contributed by atoms with Crippen molar-refractivity contribution in [1.82, 2.24) is 0 Å². The van der Waals surface area contributed by atoms with Gasteiger partial charge in [0, 0.05) is 0 Å². The minimum atomic E-state index is -0.0667. The normalized spacial score (nSPS) is 15.8. The van der Waals surface area contributed by atoms with E-state index in [4.69, 9.17) is 0 Å². The molecule has 0 unspecified atom stereocenters. The first-order chi connectivity index (χ1) is 6.18. The van der Waals surface area contributed by atoms with Crippen molar-refractivity contribution in [2.75, 3.05) is 0 Å². The lowest BCUT2D eigenvalue weighted by Gasteiger charge is -2.04. The highest BCUT2D eigenvalue weighted by Gasteiger charge is 2.26. The molecule has 0 N–H and O–H groups in total. The first-order valence-electron chi connectivity index (χ1n) is 4.64. The summed E-state index contributed by atoms with van der Waals surface area (Å²) in [6.45, 7) is 5.68. The molecule has 1 fully saturated rings. The first kappa shape index (κ1) is 8.49. The Balaban J connectivity index is 2.36. The molecule has 0 radical (unpaired) electrons. The maximum Gasteiger partial charge on any atom is 0.127 e. The van der Waals surface area contributed by atoms with E-state index >= 15 is 0 Å². The van der Waals surface area contributed by atoms with Crippen molar-refractivity contribution in [2.45, 2.75) is 25.7 Å². The van der Waals surface area contributed by atoms with Crippen LogP contribution in [0.2, 0.25) is 0 Å². The highest BCUT2D eigenvalue weighted by Crippen LogP contribution is 2.41. The average Bonchev–Trinajstić information content (AvgIpc) is 2.87. The van der Waals surface area contributed by atoms with Crippen molar-refractivity contribution in [3.05, 3.63) is 41.7 Å². The predicted molar refractivity (Wildman–Crippen MR) is 53.1 cm³/mol. The zero-order chi connectivity index (χ0) is 9.42. The van der Waals surface area contributed by atoms with Gasteiger partial charge >= 0.3 is 0 Å². The van der Waals surface area contributed by atoms with Gasteiger partial charge in [-0.1, -0.05) is 24.3 Å². The molecule has 1 aliphatic carbocycles. The van der Waals surface area contributed by atoms with Crippen molar-refractivity contribution in [3.8, 4) is 0 Å². The molecule has 1 aliphatic rings. The Hall–Kier alpha value is -1.11. The van der Waals surface area contributed by atoms with Gasteiger partial charge in [0.2, 0.25) is 0 Å². The van der Waals surface area contributed by atoms with Crippen molar-refractivity contribution in [1.29, 1.82) is 0 Å². The second kappa shape index (κ2) is 2.99. The Bertz CT molecular complexity index is 348. The fourth-order valence-electron chi connectivity index (χ4n) is 1.52. The predicted octanol–water partition coefficient (Wildman–Crippen LogP) is 3.74. The molecule has 0 bridgehead atoms. The number of allylic oxidation sites excluding steroid dienone is 1. The van der Waals surface area contributed by atoms with Gasteiger partial charge < -0.3 is 0 Å². The Morgan fingerprint density at radius 1 is 1.46 bits per heavy atom. The summed E-state index contributed by atoms with van der Waals surface area (Å²) in [4.78, 5) is 0. The van der Waals surface area contributed by atoms with Crippen LogP contribution < -0.4 is 0 Å². The van der Waals surface area contributed by atoms with Gasteiger partial charge in [0.1, 0.15) is 5.82 Å². The molecule has 1 saturated carbocycles. The summed E-state index contributed by atoms with van der Waals surface area (Å²) in [5.74, 6) is 0.419. The van der Waals surface area contributed by atoms with E-state index in [0.29, 0.717) is 5.92 Å². The third-order valence-corrected chi connectivity index (χ3v) is 2.51. The number of rotatable bonds is 2. The molecule has 0 aliphatic heterocycles. The molecule has 0 amide bonds. The van der Waals surface area contributed by atoms with E-state index in [2.05, 4.69) is 6.58 Å². The van der Waals surface area contributed by atoms with E-state index in [0.717, 1.165) is 29.5 Å². The van der Waals surface area contributed by atoms with Gasteiger partial charge in [-0.3, -0.25) is 0 Å². The smallest absolute Gasteiger partial charge is 0.127 e. The highest BCUT2D eigenvalue weighted by molar-refractivity contribution is 5.61. The Morgan fingerprint density at radius 3 is 2.62 bits per heavy atom. The minimum absolute atomic E-state index is 0.0667. The largest absolute Gasteiger partial charge is 0.207 e. The summed E-state index contributed by atoms with van der Waals surface area (Å²) < 4.78 is 13.5. The van der Waals surface area contributed by atoms with Crippen LogP contribution in [0.1, 0.15) is 36.8 Å². The average molecular weight is 176 g/mol. The molecule has 0 atom stereocenters. The lowest BCUT2D eigenvalue weighted by atomic mass is 10.0. The summed E-state index contributed by atoms with van der Waals surface area (Å²) in [5, 5.41) is 0. The van der Waals surface area contributed by atoms with E-state index in [1.54, 1.807) is 6.07 Å². The van der Waals surface area contributed by atoms with Crippen molar-refractivity contribution >= 4 is 5.57 Å². The summed E-state index contributed by atoms with van der Waals surface area (Å²) >= 11 is 0. The summed E-state index contributed by atoms with van der Waals surface area (Å²) in [6.07, 6.45) is 2.28. The van der Waals surface area contributed by atoms with Crippen LogP contribution in [0, 0.1) is 5.82 Å². The summed E-state index contributed by atoms with van der Waals surface area (Å²) in [7, 11) is 0. The molecule has 0 nitrogen and oxygen atoms in total. The molecule has 1 aromatic rings. The maximum atomic E-state index is 13.5. The van der Waals surface area contributed by atoms with Gasteiger partial charge in [-0.15, -0.1) is 0 Å². The van der Waals surface area contributed by atoms with Crippen LogP contribution in [0.3, 0.4) is 0 Å². The quantitative estimate of drug-likeness (QED) is 0.644. The van der Waals surface area contributed by atoms with Gasteiger partial charge in [0.05, 0.1) is 0 Å². The third-order valence-electron chi connectivity index (χ3n) is 2.51. The second-order valence-corrected chi connectivity index (χ2v) is 3.79. The van der Waals surface area contributed by atoms with Crippen molar-refractivity contribution < 1.29 is 4.39 Å². The van der Waals surface area contributed by atoms with Crippen molar-refractivity contribution in [3.63, 3.8) is 0 Å². The molecule has 2 rings (SSSR count). The molecule has 13 heavy (non-hydrogen) atoms. The van der Waals surface area contributed by atoms with Crippen LogP contribution in [0.4, 0.5) is 4.39 Å². The minimum Gasteiger partial charge on any atom is -0.207 e.